The molecule has 0 aliphatic carbocycles. The van der Waals surface area contributed by atoms with Gasteiger partial charge in [0.1, 0.15) is 0 Å². The normalized spacial score (nSPS) is 10.9. The summed E-state index contributed by atoms with van der Waals surface area (Å²) < 4.78 is 0. The van der Waals surface area contributed by atoms with E-state index in [0.29, 0.717) is 0 Å². The first-order valence-electron chi connectivity index (χ1n) is 18.2. The third-order valence-electron chi connectivity index (χ3n) is 9.53. The highest BCUT2D eigenvalue weighted by atomic mass is 15.2. The van der Waals surface area contributed by atoms with Gasteiger partial charge in [0, 0.05) is 50.8 Å². The second-order valence-corrected chi connectivity index (χ2v) is 12.6. The predicted molar refractivity (Wildman–Crippen MR) is 219 cm³/mol. The highest BCUT2D eigenvalue weighted by Crippen LogP contribution is 2.54. The average Bonchev–Trinajstić information content (AvgIpc) is 3.21. The van der Waals surface area contributed by atoms with Crippen molar-refractivity contribution in [2.75, 3.05) is 14.7 Å². The van der Waals surface area contributed by atoms with Gasteiger partial charge < -0.3 is 14.7 Å². The summed E-state index contributed by atoms with van der Waals surface area (Å²) in [4.78, 5) is 7.48. The van der Waals surface area contributed by atoms with Crippen LogP contribution in [0.5, 0.6) is 0 Å². The molecule has 0 atom stereocenters. The summed E-state index contributed by atoms with van der Waals surface area (Å²) in [6, 6.07) is 65.1. The van der Waals surface area contributed by atoms with Gasteiger partial charge in [0.15, 0.2) is 0 Å². The molecule has 7 aromatic rings. The van der Waals surface area contributed by atoms with E-state index in [1.807, 2.05) is 0 Å². The minimum absolute atomic E-state index is 0.841. The fourth-order valence-electron chi connectivity index (χ4n) is 7.38. The third kappa shape index (κ3) is 6.63. The van der Waals surface area contributed by atoms with Crippen LogP contribution in [0.2, 0.25) is 0 Å². The van der Waals surface area contributed by atoms with Gasteiger partial charge in [0.2, 0.25) is 0 Å². The van der Waals surface area contributed by atoms with E-state index in [1.54, 1.807) is 0 Å². The van der Waals surface area contributed by atoms with Gasteiger partial charge in [0.05, 0.1) is 17.1 Å². The summed E-state index contributed by atoms with van der Waals surface area (Å²) >= 11 is 0. The molecular formula is C48H45N3. The molecular weight excluding hydrogens is 619 g/mol. The third-order valence-corrected chi connectivity index (χ3v) is 9.53. The van der Waals surface area contributed by atoms with Crippen LogP contribution in [0.15, 0.2) is 182 Å². The van der Waals surface area contributed by atoms with E-state index in [0.717, 1.165) is 53.4 Å². The molecule has 0 saturated heterocycles. The fraction of sp³-hybridized carbons (Fsp3) is 0.125. The molecule has 0 spiro atoms. The van der Waals surface area contributed by atoms with Crippen molar-refractivity contribution in [1.29, 1.82) is 0 Å². The van der Waals surface area contributed by atoms with Crippen molar-refractivity contribution in [3.8, 4) is 0 Å². The van der Waals surface area contributed by atoms with Gasteiger partial charge in [-0.25, -0.2) is 0 Å². The number of nitrogens with zero attached hydrogens (tertiary/aromatic N) is 3. The quantitative estimate of drug-likeness (QED) is 0.129. The summed E-state index contributed by atoms with van der Waals surface area (Å²) in [5.74, 6) is 0. The molecule has 0 saturated carbocycles. The standard InChI is InChI=1S/C48H45N3/c1-4-43-46(49(37-25-13-7-14-26-37)38-27-15-8-16-28-38)44(5-2)48(51(41-33-21-11-22-34-41)42-35-23-12-24-36-42)45(6-3)47(43)50(39-29-17-9-18-30-39)40-31-19-10-20-32-40/h7-36H,4-6H2,1-3H3. The molecule has 0 fully saturated rings. The molecule has 0 aliphatic rings. The van der Waals surface area contributed by atoms with Crippen molar-refractivity contribution in [2.24, 2.45) is 0 Å². The Morgan fingerprint density at radius 1 is 0.255 bits per heavy atom. The Morgan fingerprint density at radius 2 is 0.412 bits per heavy atom. The molecule has 51 heavy (non-hydrogen) atoms. The molecule has 0 heterocycles. The Kier molecular flexibility index (Phi) is 10.3. The van der Waals surface area contributed by atoms with Crippen LogP contribution in [0.3, 0.4) is 0 Å². The largest absolute Gasteiger partial charge is 0.310 e. The average molecular weight is 664 g/mol. The molecule has 3 nitrogen and oxygen atoms in total. The maximum absolute atomic E-state index is 2.49. The van der Waals surface area contributed by atoms with Crippen molar-refractivity contribution in [3.63, 3.8) is 0 Å². The van der Waals surface area contributed by atoms with Crippen molar-refractivity contribution in [3.05, 3.63) is 199 Å². The lowest BCUT2D eigenvalue weighted by molar-refractivity contribution is 1.000. The van der Waals surface area contributed by atoms with Gasteiger partial charge >= 0.3 is 0 Å². The highest BCUT2D eigenvalue weighted by Gasteiger charge is 2.33. The monoisotopic (exact) mass is 663 g/mol. The Bertz CT molecular complexity index is 1740. The highest BCUT2D eigenvalue weighted by molar-refractivity contribution is 5.97. The van der Waals surface area contributed by atoms with Crippen LogP contribution < -0.4 is 14.7 Å². The second kappa shape index (κ2) is 15.7. The number of hydrogen-bond donors (Lipinski definition) is 0. The molecule has 0 amide bonds. The molecule has 3 heteroatoms. The summed E-state index contributed by atoms with van der Waals surface area (Å²) in [6.45, 7) is 6.94. The van der Waals surface area contributed by atoms with Crippen LogP contribution in [-0.4, -0.2) is 0 Å². The number of anilines is 9. The van der Waals surface area contributed by atoms with Crippen LogP contribution in [0, 0.1) is 0 Å². The van der Waals surface area contributed by atoms with Crippen molar-refractivity contribution in [1.82, 2.24) is 0 Å². The van der Waals surface area contributed by atoms with Crippen LogP contribution in [-0.2, 0) is 19.3 Å². The summed E-state index contributed by atoms with van der Waals surface area (Å²) in [5, 5.41) is 0. The van der Waals surface area contributed by atoms with Crippen LogP contribution in [0.4, 0.5) is 51.2 Å². The molecule has 0 aliphatic heterocycles. The maximum Gasteiger partial charge on any atom is 0.0567 e. The lowest BCUT2D eigenvalue weighted by Crippen LogP contribution is -2.24. The van der Waals surface area contributed by atoms with Crippen LogP contribution in [0.1, 0.15) is 37.5 Å². The van der Waals surface area contributed by atoms with Gasteiger partial charge in [-0.05, 0) is 92.1 Å². The number of para-hydroxylation sites is 6. The zero-order valence-corrected chi connectivity index (χ0v) is 29.8. The molecule has 0 N–H and O–H groups in total. The van der Waals surface area contributed by atoms with E-state index in [1.165, 1.54) is 33.8 Å². The molecule has 252 valence electrons. The second-order valence-electron chi connectivity index (χ2n) is 12.6. The van der Waals surface area contributed by atoms with Crippen molar-refractivity contribution in [2.45, 2.75) is 40.0 Å². The number of rotatable bonds is 12. The molecule has 7 rings (SSSR count). The number of hydrogen-bond acceptors (Lipinski definition) is 3. The first kappa shape index (κ1) is 33.4. The zero-order chi connectivity index (χ0) is 35.0. The van der Waals surface area contributed by atoms with Crippen LogP contribution >= 0.6 is 0 Å². The van der Waals surface area contributed by atoms with Crippen molar-refractivity contribution >= 4 is 51.2 Å². The maximum atomic E-state index is 2.49. The first-order chi connectivity index (χ1) is 25.2. The van der Waals surface area contributed by atoms with Gasteiger partial charge in [-0.2, -0.15) is 0 Å². The Balaban J connectivity index is 1.70. The fourth-order valence-corrected chi connectivity index (χ4v) is 7.38. The zero-order valence-electron chi connectivity index (χ0n) is 29.8. The molecule has 0 bridgehead atoms. The SMILES string of the molecule is CCc1c(N(c2ccccc2)c2ccccc2)c(CC)c(N(c2ccccc2)c2ccccc2)c(CC)c1N(c1ccccc1)c1ccccc1. The lowest BCUT2D eigenvalue weighted by Gasteiger charge is -2.40. The van der Waals surface area contributed by atoms with E-state index in [2.05, 4.69) is 217 Å². The van der Waals surface area contributed by atoms with E-state index in [-0.39, 0.29) is 0 Å². The molecule has 0 radical (unpaired) electrons. The van der Waals surface area contributed by atoms with Gasteiger partial charge in [0.25, 0.3) is 0 Å². The summed E-state index contributed by atoms with van der Waals surface area (Å²) in [5.41, 5.74) is 14.4. The van der Waals surface area contributed by atoms with Crippen molar-refractivity contribution < 1.29 is 0 Å². The van der Waals surface area contributed by atoms with Gasteiger partial charge in [-0.1, -0.05) is 130 Å². The lowest BCUT2D eigenvalue weighted by atomic mass is 9.88. The molecule has 0 aromatic heterocycles. The predicted octanol–water partition coefficient (Wildman–Crippen LogP) is 13.8. The minimum Gasteiger partial charge on any atom is -0.310 e. The summed E-state index contributed by atoms with van der Waals surface area (Å²) in [7, 11) is 0. The van der Waals surface area contributed by atoms with Gasteiger partial charge in [-0.15, -0.1) is 0 Å². The smallest absolute Gasteiger partial charge is 0.0567 e. The topological polar surface area (TPSA) is 9.72 Å². The minimum atomic E-state index is 0.841. The first-order valence-corrected chi connectivity index (χ1v) is 18.2. The molecule has 0 unspecified atom stereocenters. The van der Waals surface area contributed by atoms with Gasteiger partial charge in [-0.3, -0.25) is 0 Å². The van der Waals surface area contributed by atoms with E-state index >= 15 is 0 Å². The Hall–Kier alpha value is -6.06. The van der Waals surface area contributed by atoms with E-state index in [9.17, 15) is 0 Å². The Labute approximate surface area is 303 Å². The van der Waals surface area contributed by atoms with E-state index < -0.39 is 0 Å². The molecule has 7 aromatic carbocycles. The number of benzene rings is 7. The Morgan fingerprint density at radius 3 is 0.549 bits per heavy atom. The summed E-state index contributed by atoms with van der Waals surface area (Å²) in [6.07, 6.45) is 2.52. The van der Waals surface area contributed by atoms with E-state index in [4.69, 9.17) is 0 Å². The van der Waals surface area contributed by atoms with Crippen LogP contribution in [0.25, 0.3) is 0 Å².